The molecule has 0 bridgehead atoms. The predicted octanol–water partition coefficient (Wildman–Crippen LogP) is 1.47. The lowest BCUT2D eigenvalue weighted by Gasteiger charge is -2.17. The Bertz CT molecular complexity index is 644. The Morgan fingerprint density at radius 3 is 2.55 bits per heavy atom. The highest BCUT2D eigenvalue weighted by Crippen LogP contribution is 2.41. The second-order valence-electron chi connectivity index (χ2n) is 5.38. The molecule has 2 unspecified atom stereocenters. The van der Waals surface area contributed by atoms with Crippen molar-refractivity contribution in [2.75, 3.05) is 18.8 Å². The molecule has 2 atom stereocenters. The molecule has 0 spiro atoms. The van der Waals surface area contributed by atoms with Crippen LogP contribution in [-0.4, -0.2) is 43.5 Å². The Hall–Kier alpha value is -1.47. The van der Waals surface area contributed by atoms with Gasteiger partial charge in [0.2, 0.25) is 15.9 Å². The third-order valence-electron chi connectivity index (χ3n) is 3.85. The van der Waals surface area contributed by atoms with E-state index >= 15 is 0 Å². The van der Waals surface area contributed by atoms with Crippen LogP contribution >= 0.6 is 0 Å². The first kappa shape index (κ1) is 16.9. The van der Waals surface area contributed by atoms with Crippen LogP contribution < -0.4 is 5.32 Å². The van der Waals surface area contributed by atoms with E-state index in [0.717, 1.165) is 0 Å². The predicted molar refractivity (Wildman–Crippen MR) is 82.4 cm³/mol. The van der Waals surface area contributed by atoms with Gasteiger partial charge in [-0.2, -0.15) is 0 Å². The molecule has 0 heterocycles. The van der Waals surface area contributed by atoms with E-state index in [1.165, 1.54) is 10.4 Å². The van der Waals surface area contributed by atoms with Crippen molar-refractivity contribution in [3.8, 4) is 0 Å². The zero-order chi connectivity index (χ0) is 16.3. The number of rotatable bonds is 7. The molecule has 122 valence electrons. The van der Waals surface area contributed by atoms with E-state index in [1.807, 2.05) is 0 Å². The molecule has 1 aliphatic carbocycles. The van der Waals surface area contributed by atoms with Gasteiger partial charge in [0, 0.05) is 25.0 Å². The fourth-order valence-corrected chi connectivity index (χ4v) is 3.98. The number of amides is 1. The van der Waals surface area contributed by atoms with Crippen LogP contribution in [-0.2, 0) is 14.8 Å². The molecule has 0 saturated heterocycles. The minimum absolute atomic E-state index is 0.0682. The van der Waals surface area contributed by atoms with Gasteiger partial charge in [-0.1, -0.05) is 32.0 Å². The summed E-state index contributed by atoms with van der Waals surface area (Å²) in [5, 5.41) is 2.68. The molecule has 5 nitrogen and oxygen atoms in total. The Morgan fingerprint density at radius 2 is 1.95 bits per heavy atom. The Balaban J connectivity index is 1.91. The van der Waals surface area contributed by atoms with Crippen molar-refractivity contribution in [3.05, 3.63) is 35.6 Å². The Labute approximate surface area is 130 Å². The molecular weight excluding hydrogens is 307 g/mol. The molecule has 0 aromatic heterocycles. The fraction of sp³-hybridized carbons (Fsp3) is 0.533. The van der Waals surface area contributed by atoms with Gasteiger partial charge < -0.3 is 5.32 Å². The second kappa shape index (κ2) is 6.75. The lowest BCUT2D eigenvalue weighted by atomic mass is 10.1. The molecule has 1 amide bonds. The maximum Gasteiger partial charge on any atom is 0.236 e. The molecule has 1 aromatic carbocycles. The van der Waals surface area contributed by atoms with Crippen molar-refractivity contribution in [1.29, 1.82) is 0 Å². The van der Waals surface area contributed by atoms with Gasteiger partial charge in [-0.25, -0.2) is 17.1 Å². The quantitative estimate of drug-likeness (QED) is 0.824. The van der Waals surface area contributed by atoms with E-state index in [2.05, 4.69) is 5.32 Å². The van der Waals surface area contributed by atoms with Crippen LogP contribution in [0.3, 0.4) is 0 Å². The van der Waals surface area contributed by atoms with Gasteiger partial charge in [0.15, 0.2) is 0 Å². The van der Waals surface area contributed by atoms with E-state index in [-0.39, 0.29) is 17.8 Å². The zero-order valence-corrected chi connectivity index (χ0v) is 13.6. The molecule has 22 heavy (non-hydrogen) atoms. The van der Waals surface area contributed by atoms with Crippen molar-refractivity contribution in [2.24, 2.45) is 0 Å². The number of carbonyl (C=O) groups excluding carboxylic acids is 1. The van der Waals surface area contributed by atoms with Gasteiger partial charge in [-0.05, 0) is 18.1 Å². The van der Waals surface area contributed by atoms with Gasteiger partial charge in [-0.15, -0.1) is 0 Å². The van der Waals surface area contributed by atoms with Crippen molar-refractivity contribution < 1.29 is 17.6 Å². The van der Waals surface area contributed by atoms with Crippen molar-refractivity contribution in [2.45, 2.75) is 32.2 Å². The summed E-state index contributed by atoms with van der Waals surface area (Å²) < 4.78 is 38.9. The average molecular weight is 328 g/mol. The van der Waals surface area contributed by atoms with Gasteiger partial charge in [0.25, 0.3) is 0 Å². The number of sulfonamides is 1. The zero-order valence-electron chi connectivity index (χ0n) is 12.8. The average Bonchev–Trinajstić information content (AvgIpc) is 3.18. The molecule has 1 fully saturated rings. The van der Waals surface area contributed by atoms with Gasteiger partial charge in [0.05, 0.1) is 0 Å². The number of carbonyl (C=O) groups is 1. The van der Waals surface area contributed by atoms with Crippen molar-refractivity contribution in [1.82, 2.24) is 9.62 Å². The standard InChI is InChI=1S/C15H21FN2O3S/c1-3-18(4-2)22(20,21)10-15(19)17-14-9-12(14)11-7-5-6-8-13(11)16/h5-8,12,14H,3-4,9-10H2,1-2H3,(H,17,19). The van der Waals surface area contributed by atoms with E-state index in [0.29, 0.717) is 25.1 Å². The summed E-state index contributed by atoms with van der Waals surface area (Å²) in [6.07, 6.45) is 0.637. The lowest BCUT2D eigenvalue weighted by molar-refractivity contribution is -0.118. The molecule has 0 aliphatic heterocycles. The number of hydrogen-bond acceptors (Lipinski definition) is 3. The van der Waals surface area contributed by atoms with Crippen LogP contribution in [0.5, 0.6) is 0 Å². The number of benzene rings is 1. The highest BCUT2D eigenvalue weighted by Gasteiger charge is 2.41. The summed E-state index contributed by atoms with van der Waals surface area (Å²) in [5.41, 5.74) is 0.569. The third kappa shape index (κ3) is 3.84. The van der Waals surface area contributed by atoms with E-state index in [9.17, 15) is 17.6 Å². The fourth-order valence-electron chi connectivity index (χ4n) is 2.60. The largest absolute Gasteiger partial charge is 0.352 e. The summed E-state index contributed by atoms with van der Waals surface area (Å²) in [5.74, 6) is -1.45. The summed E-state index contributed by atoms with van der Waals surface area (Å²) in [6.45, 7) is 4.14. The highest BCUT2D eigenvalue weighted by atomic mass is 32.2. The van der Waals surface area contributed by atoms with E-state index in [4.69, 9.17) is 0 Å². The SMILES string of the molecule is CCN(CC)S(=O)(=O)CC(=O)NC1CC1c1ccccc1F. The molecule has 2 rings (SSSR count). The number of hydrogen-bond donors (Lipinski definition) is 1. The first-order valence-electron chi connectivity index (χ1n) is 7.40. The first-order chi connectivity index (χ1) is 10.4. The normalized spacial score (nSPS) is 20.9. The smallest absolute Gasteiger partial charge is 0.236 e. The minimum Gasteiger partial charge on any atom is -0.352 e. The second-order valence-corrected chi connectivity index (χ2v) is 7.35. The van der Waals surface area contributed by atoms with E-state index in [1.54, 1.807) is 32.0 Å². The Kier molecular flexibility index (Phi) is 5.18. The maximum absolute atomic E-state index is 13.6. The lowest BCUT2D eigenvalue weighted by Crippen LogP contribution is -2.40. The monoisotopic (exact) mass is 328 g/mol. The van der Waals surface area contributed by atoms with E-state index < -0.39 is 21.7 Å². The summed E-state index contributed by atoms with van der Waals surface area (Å²) in [4.78, 5) is 11.9. The van der Waals surface area contributed by atoms with Gasteiger partial charge in [-0.3, -0.25) is 4.79 Å². The van der Waals surface area contributed by atoms with Gasteiger partial charge in [0.1, 0.15) is 11.6 Å². The van der Waals surface area contributed by atoms with Crippen molar-refractivity contribution in [3.63, 3.8) is 0 Å². The van der Waals surface area contributed by atoms with Crippen LogP contribution in [0.2, 0.25) is 0 Å². The highest BCUT2D eigenvalue weighted by molar-refractivity contribution is 7.89. The molecule has 7 heteroatoms. The molecule has 1 aliphatic rings. The summed E-state index contributed by atoms with van der Waals surface area (Å²) >= 11 is 0. The third-order valence-corrected chi connectivity index (χ3v) is 5.78. The summed E-state index contributed by atoms with van der Waals surface area (Å²) in [7, 11) is -3.58. The van der Waals surface area contributed by atoms with Crippen molar-refractivity contribution >= 4 is 15.9 Å². The maximum atomic E-state index is 13.6. The molecule has 1 aromatic rings. The topological polar surface area (TPSA) is 66.5 Å². The van der Waals surface area contributed by atoms with Crippen LogP contribution in [0.25, 0.3) is 0 Å². The van der Waals surface area contributed by atoms with Crippen LogP contribution in [0.1, 0.15) is 31.7 Å². The molecule has 0 radical (unpaired) electrons. The minimum atomic E-state index is -3.58. The molecule has 1 N–H and O–H groups in total. The number of nitrogens with one attached hydrogen (secondary N) is 1. The van der Waals surface area contributed by atoms with Crippen LogP contribution in [0, 0.1) is 5.82 Å². The molecular formula is C15H21FN2O3S. The number of halogens is 1. The Morgan fingerprint density at radius 1 is 1.32 bits per heavy atom. The first-order valence-corrected chi connectivity index (χ1v) is 9.01. The summed E-state index contributed by atoms with van der Waals surface area (Å²) in [6, 6.07) is 6.26. The van der Waals surface area contributed by atoms with Crippen LogP contribution in [0.4, 0.5) is 4.39 Å². The van der Waals surface area contributed by atoms with Gasteiger partial charge >= 0.3 is 0 Å². The van der Waals surface area contributed by atoms with Crippen LogP contribution in [0.15, 0.2) is 24.3 Å². The molecule has 1 saturated carbocycles. The number of nitrogens with zero attached hydrogens (tertiary/aromatic N) is 1.